The molecule has 0 radical (unpaired) electrons. The van der Waals surface area contributed by atoms with Gasteiger partial charge in [0, 0.05) is 26.7 Å². The van der Waals surface area contributed by atoms with Gasteiger partial charge in [0.1, 0.15) is 0 Å². The monoisotopic (exact) mass is 266 g/mol. The molecule has 0 aliphatic carbocycles. The number of nitrogens with zero attached hydrogens (tertiary/aromatic N) is 3. The quantitative estimate of drug-likeness (QED) is 0.621. The largest absolute Gasteiger partial charge is 0.356 e. The van der Waals surface area contributed by atoms with Crippen LogP contribution in [-0.2, 0) is 0 Å². The summed E-state index contributed by atoms with van der Waals surface area (Å²) < 4.78 is 0. The maximum absolute atomic E-state index is 4.40. The van der Waals surface area contributed by atoms with Gasteiger partial charge in [0.05, 0.1) is 0 Å². The third kappa shape index (κ3) is 4.37. The third-order valence-corrected chi connectivity index (χ3v) is 4.61. The first-order valence-electron chi connectivity index (χ1n) is 8.01. The van der Waals surface area contributed by atoms with Crippen LogP contribution < -0.4 is 5.32 Å². The molecule has 0 amide bonds. The van der Waals surface area contributed by atoms with E-state index in [-0.39, 0.29) is 0 Å². The number of guanidine groups is 1. The molecule has 4 nitrogen and oxygen atoms in total. The molecule has 0 aromatic heterocycles. The second kappa shape index (κ2) is 7.73. The number of hydrogen-bond acceptors (Lipinski definition) is 2. The fraction of sp³-hybridized carbons (Fsp3) is 0.933. The topological polar surface area (TPSA) is 30.9 Å². The van der Waals surface area contributed by atoms with E-state index in [4.69, 9.17) is 0 Å². The van der Waals surface area contributed by atoms with Crippen molar-refractivity contribution in [1.29, 1.82) is 0 Å². The molecular formula is C15H30N4. The van der Waals surface area contributed by atoms with E-state index >= 15 is 0 Å². The average Bonchev–Trinajstić information content (AvgIpc) is 2.98. The standard InChI is InChI=1S/C15H30N4/c1-3-18-12-7-14(8-13-18)6-9-17-15(16-2)19-10-4-5-11-19/h14H,3-13H2,1-2H3,(H,16,17). The lowest BCUT2D eigenvalue weighted by atomic mass is 9.93. The molecule has 0 atom stereocenters. The maximum Gasteiger partial charge on any atom is 0.193 e. The molecule has 2 heterocycles. The van der Waals surface area contributed by atoms with Crippen molar-refractivity contribution in [1.82, 2.24) is 15.1 Å². The van der Waals surface area contributed by atoms with Crippen molar-refractivity contribution >= 4 is 5.96 Å². The van der Waals surface area contributed by atoms with Crippen LogP contribution in [0.3, 0.4) is 0 Å². The summed E-state index contributed by atoms with van der Waals surface area (Å²) in [5, 5.41) is 3.55. The molecule has 0 aromatic carbocycles. The Morgan fingerprint density at radius 1 is 1.16 bits per heavy atom. The summed E-state index contributed by atoms with van der Waals surface area (Å²) in [6.45, 7) is 9.50. The summed E-state index contributed by atoms with van der Waals surface area (Å²) in [5.41, 5.74) is 0. The number of piperidine rings is 1. The summed E-state index contributed by atoms with van der Waals surface area (Å²) >= 11 is 0. The van der Waals surface area contributed by atoms with E-state index in [9.17, 15) is 0 Å². The first-order chi connectivity index (χ1) is 9.33. The van der Waals surface area contributed by atoms with Crippen LogP contribution in [0.25, 0.3) is 0 Å². The maximum atomic E-state index is 4.40. The van der Waals surface area contributed by atoms with Crippen LogP contribution in [0.15, 0.2) is 4.99 Å². The van der Waals surface area contributed by atoms with Gasteiger partial charge in [-0.15, -0.1) is 0 Å². The Morgan fingerprint density at radius 2 is 1.84 bits per heavy atom. The zero-order valence-corrected chi connectivity index (χ0v) is 12.7. The Bertz CT molecular complexity index is 276. The molecule has 110 valence electrons. The van der Waals surface area contributed by atoms with Crippen LogP contribution in [0.4, 0.5) is 0 Å². The Hall–Kier alpha value is -0.770. The van der Waals surface area contributed by atoms with Gasteiger partial charge >= 0.3 is 0 Å². The molecule has 0 unspecified atom stereocenters. The molecule has 2 rings (SSSR count). The molecule has 0 aromatic rings. The van der Waals surface area contributed by atoms with E-state index in [2.05, 4.69) is 27.0 Å². The first kappa shape index (κ1) is 14.6. The predicted octanol–water partition coefficient (Wildman–Crippen LogP) is 1.78. The van der Waals surface area contributed by atoms with Crippen LogP contribution in [-0.4, -0.2) is 62.1 Å². The summed E-state index contributed by atoms with van der Waals surface area (Å²) in [7, 11) is 1.90. The van der Waals surface area contributed by atoms with Crippen LogP contribution >= 0.6 is 0 Å². The van der Waals surface area contributed by atoms with Gasteiger partial charge in [-0.3, -0.25) is 4.99 Å². The van der Waals surface area contributed by atoms with E-state index in [1.807, 2.05) is 7.05 Å². The van der Waals surface area contributed by atoms with Crippen molar-refractivity contribution in [2.24, 2.45) is 10.9 Å². The van der Waals surface area contributed by atoms with Gasteiger partial charge in [0.25, 0.3) is 0 Å². The third-order valence-electron chi connectivity index (χ3n) is 4.61. The molecule has 0 spiro atoms. The van der Waals surface area contributed by atoms with Crippen LogP contribution in [0.5, 0.6) is 0 Å². The highest BCUT2D eigenvalue weighted by molar-refractivity contribution is 5.80. The van der Waals surface area contributed by atoms with Gasteiger partial charge in [0.15, 0.2) is 5.96 Å². The Balaban J connectivity index is 1.63. The van der Waals surface area contributed by atoms with Crippen molar-refractivity contribution in [3.63, 3.8) is 0 Å². The second-order valence-electron chi connectivity index (χ2n) is 5.83. The highest BCUT2D eigenvalue weighted by Gasteiger charge is 2.19. The van der Waals surface area contributed by atoms with Crippen LogP contribution in [0.2, 0.25) is 0 Å². The molecular weight excluding hydrogens is 236 g/mol. The smallest absolute Gasteiger partial charge is 0.193 e. The second-order valence-corrected chi connectivity index (χ2v) is 5.83. The molecule has 1 N–H and O–H groups in total. The molecule has 2 aliphatic rings. The number of aliphatic imine (C=N–C) groups is 1. The minimum atomic E-state index is 0.909. The summed E-state index contributed by atoms with van der Waals surface area (Å²) in [5.74, 6) is 2.02. The minimum absolute atomic E-state index is 0.909. The number of rotatable bonds is 4. The van der Waals surface area contributed by atoms with Crippen molar-refractivity contribution in [3.8, 4) is 0 Å². The molecule has 2 aliphatic heterocycles. The van der Waals surface area contributed by atoms with E-state index in [0.29, 0.717) is 0 Å². The molecule has 2 saturated heterocycles. The van der Waals surface area contributed by atoms with Gasteiger partial charge in [0.2, 0.25) is 0 Å². The first-order valence-corrected chi connectivity index (χ1v) is 8.01. The van der Waals surface area contributed by atoms with Gasteiger partial charge in [-0.25, -0.2) is 0 Å². The fourth-order valence-electron chi connectivity index (χ4n) is 3.24. The van der Waals surface area contributed by atoms with Gasteiger partial charge in [-0.05, 0) is 57.7 Å². The summed E-state index contributed by atoms with van der Waals surface area (Å²) in [6.07, 6.45) is 6.67. The lowest BCUT2D eigenvalue weighted by Crippen LogP contribution is -2.41. The van der Waals surface area contributed by atoms with Crippen molar-refractivity contribution in [3.05, 3.63) is 0 Å². The zero-order valence-electron chi connectivity index (χ0n) is 12.7. The van der Waals surface area contributed by atoms with Crippen molar-refractivity contribution in [2.75, 3.05) is 46.3 Å². The highest BCUT2D eigenvalue weighted by Crippen LogP contribution is 2.19. The molecule has 4 heteroatoms. The van der Waals surface area contributed by atoms with Crippen LogP contribution in [0, 0.1) is 5.92 Å². The Morgan fingerprint density at radius 3 is 2.42 bits per heavy atom. The van der Waals surface area contributed by atoms with E-state index in [1.54, 1.807) is 0 Å². The molecule has 2 fully saturated rings. The molecule has 0 bridgehead atoms. The lowest BCUT2D eigenvalue weighted by molar-refractivity contribution is 0.187. The molecule has 0 saturated carbocycles. The van der Waals surface area contributed by atoms with Gasteiger partial charge in [-0.2, -0.15) is 0 Å². The minimum Gasteiger partial charge on any atom is -0.356 e. The number of likely N-dealkylation sites (tertiary alicyclic amines) is 2. The number of nitrogens with one attached hydrogen (secondary N) is 1. The Labute approximate surface area is 118 Å². The van der Waals surface area contributed by atoms with Gasteiger partial charge < -0.3 is 15.1 Å². The summed E-state index contributed by atoms with van der Waals surface area (Å²) in [6, 6.07) is 0. The van der Waals surface area contributed by atoms with Crippen molar-refractivity contribution in [2.45, 2.75) is 39.0 Å². The SMILES string of the molecule is CCN1CCC(CCNC(=NC)N2CCCC2)CC1. The van der Waals surface area contributed by atoms with E-state index < -0.39 is 0 Å². The van der Waals surface area contributed by atoms with Crippen molar-refractivity contribution < 1.29 is 0 Å². The average molecular weight is 266 g/mol. The summed E-state index contributed by atoms with van der Waals surface area (Å²) in [4.78, 5) is 9.35. The highest BCUT2D eigenvalue weighted by atomic mass is 15.3. The Kier molecular flexibility index (Phi) is 5.95. The molecule has 19 heavy (non-hydrogen) atoms. The normalized spacial score (nSPS) is 23.1. The zero-order chi connectivity index (χ0) is 13.5. The van der Waals surface area contributed by atoms with E-state index in [1.165, 1.54) is 64.8 Å². The predicted molar refractivity (Wildman–Crippen MR) is 81.6 cm³/mol. The van der Waals surface area contributed by atoms with Crippen LogP contribution in [0.1, 0.15) is 39.0 Å². The van der Waals surface area contributed by atoms with Gasteiger partial charge in [-0.1, -0.05) is 6.92 Å². The van der Waals surface area contributed by atoms with E-state index in [0.717, 1.165) is 18.4 Å². The fourth-order valence-corrected chi connectivity index (χ4v) is 3.24. The number of hydrogen-bond donors (Lipinski definition) is 1. The lowest BCUT2D eigenvalue weighted by Gasteiger charge is -2.31.